The van der Waals surface area contributed by atoms with Crippen molar-refractivity contribution in [1.29, 1.82) is 0 Å². The van der Waals surface area contributed by atoms with Gasteiger partial charge in [-0.05, 0) is 23.8 Å². The van der Waals surface area contributed by atoms with Gasteiger partial charge in [0.15, 0.2) is 0 Å². The first-order valence-electron chi connectivity index (χ1n) is 10.6. The van der Waals surface area contributed by atoms with E-state index >= 15 is 0 Å². The largest absolute Gasteiger partial charge is 0.336 e. The molecular weight excluding hydrogens is 441 g/mol. The molecule has 0 unspecified atom stereocenters. The summed E-state index contributed by atoms with van der Waals surface area (Å²) >= 11 is 6.84. The smallest absolute Gasteiger partial charge is 0.257 e. The molecule has 0 saturated carbocycles. The Hall–Kier alpha value is -2.79. The van der Waals surface area contributed by atoms with Gasteiger partial charge in [-0.1, -0.05) is 78.3 Å². The van der Waals surface area contributed by atoms with Crippen LogP contribution in [0.25, 0.3) is 16.6 Å². The second-order valence-electron chi connectivity index (χ2n) is 7.91. The van der Waals surface area contributed by atoms with E-state index in [9.17, 15) is 4.79 Å². The van der Waals surface area contributed by atoms with E-state index in [1.54, 1.807) is 0 Å². The lowest BCUT2D eigenvalue weighted by Gasteiger charge is -2.34. The van der Waals surface area contributed by atoms with Crippen LogP contribution in [0.15, 0.2) is 84.9 Å². The second kappa shape index (κ2) is 9.78. The first-order valence-corrected chi connectivity index (χ1v) is 11.0. The molecule has 1 amide bonds. The monoisotopic (exact) mass is 465 g/mol. The van der Waals surface area contributed by atoms with E-state index in [1.165, 1.54) is 5.56 Å². The van der Waals surface area contributed by atoms with Gasteiger partial charge in [0, 0.05) is 43.8 Å². The van der Waals surface area contributed by atoms with E-state index in [2.05, 4.69) is 29.2 Å². The fourth-order valence-corrected chi connectivity index (χ4v) is 4.72. The first kappa shape index (κ1) is 22.4. The molecule has 0 radical (unpaired) electrons. The van der Waals surface area contributed by atoms with Gasteiger partial charge < -0.3 is 4.90 Å². The third-order valence-electron chi connectivity index (χ3n) is 5.95. The van der Waals surface area contributed by atoms with Crippen molar-refractivity contribution in [3.05, 3.63) is 101 Å². The molecule has 0 atom stereocenters. The molecule has 0 N–H and O–H groups in total. The predicted octanol–water partition coefficient (Wildman–Crippen LogP) is 5.66. The normalized spacial score (nSPS) is 14.3. The maximum atomic E-state index is 13.6. The summed E-state index contributed by atoms with van der Waals surface area (Å²) in [4.78, 5) is 17.9. The standard InChI is InChI=1S/C26H24ClN3O.ClH/c27-25-24(22-13-7-8-14-23(22)30(25)21-11-5-2-6-12-21)26(31)29-17-15-28(16-18-29)19-20-9-3-1-4-10-20;/h1-14H,15-19H2;1H. The molecule has 1 aromatic heterocycles. The van der Waals surface area contributed by atoms with Crippen molar-refractivity contribution < 1.29 is 4.79 Å². The Balaban J connectivity index is 0.00000245. The zero-order chi connectivity index (χ0) is 21.2. The lowest BCUT2D eigenvalue weighted by atomic mass is 10.1. The van der Waals surface area contributed by atoms with Crippen molar-refractivity contribution in [2.75, 3.05) is 26.2 Å². The van der Waals surface area contributed by atoms with Gasteiger partial charge in [-0.25, -0.2) is 0 Å². The zero-order valence-corrected chi connectivity index (χ0v) is 19.2. The summed E-state index contributed by atoms with van der Waals surface area (Å²) in [5, 5.41) is 1.37. The highest BCUT2D eigenvalue weighted by molar-refractivity contribution is 6.36. The number of amides is 1. The average molecular weight is 466 g/mol. The highest BCUT2D eigenvalue weighted by atomic mass is 35.5. The molecular formula is C26H25Cl2N3O. The van der Waals surface area contributed by atoms with E-state index < -0.39 is 0 Å². The highest BCUT2D eigenvalue weighted by Crippen LogP contribution is 2.34. The molecule has 4 aromatic rings. The van der Waals surface area contributed by atoms with E-state index in [0.29, 0.717) is 23.8 Å². The van der Waals surface area contributed by atoms with Gasteiger partial charge in [0.25, 0.3) is 5.91 Å². The molecule has 1 fully saturated rings. The van der Waals surface area contributed by atoms with Crippen molar-refractivity contribution in [2.24, 2.45) is 0 Å². The Bertz CT molecular complexity index is 1200. The number of rotatable bonds is 4. The molecule has 0 aliphatic carbocycles. The summed E-state index contributed by atoms with van der Waals surface area (Å²) in [6.07, 6.45) is 0. The molecule has 5 rings (SSSR count). The molecule has 3 aromatic carbocycles. The number of hydrogen-bond acceptors (Lipinski definition) is 2. The summed E-state index contributed by atoms with van der Waals surface area (Å²) in [6.45, 7) is 4.03. The predicted molar refractivity (Wildman–Crippen MR) is 133 cm³/mol. The minimum Gasteiger partial charge on any atom is -0.336 e. The van der Waals surface area contributed by atoms with Gasteiger partial charge in [0.1, 0.15) is 5.15 Å². The lowest BCUT2D eigenvalue weighted by Crippen LogP contribution is -2.48. The third-order valence-corrected chi connectivity index (χ3v) is 6.31. The Morgan fingerprint density at radius 3 is 2.06 bits per heavy atom. The summed E-state index contributed by atoms with van der Waals surface area (Å²) in [5.41, 5.74) is 3.80. The minimum absolute atomic E-state index is 0. The molecule has 0 bridgehead atoms. The van der Waals surface area contributed by atoms with Crippen LogP contribution in [0.4, 0.5) is 0 Å². The van der Waals surface area contributed by atoms with Crippen LogP contribution in [0.2, 0.25) is 5.15 Å². The van der Waals surface area contributed by atoms with Crippen LogP contribution >= 0.6 is 24.0 Å². The molecule has 32 heavy (non-hydrogen) atoms. The van der Waals surface area contributed by atoms with Crippen LogP contribution < -0.4 is 0 Å². The van der Waals surface area contributed by atoms with Gasteiger partial charge in [-0.2, -0.15) is 0 Å². The van der Waals surface area contributed by atoms with Crippen LogP contribution in [0.3, 0.4) is 0 Å². The van der Waals surface area contributed by atoms with E-state index in [4.69, 9.17) is 11.6 Å². The van der Waals surface area contributed by atoms with Crippen LogP contribution in [0.1, 0.15) is 15.9 Å². The van der Waals surface area contributed by atoms with Crippen molar-refractivity contribution in [2.45, 2.75) is 6.54 Å². The molecule has 4 nitrogen and oxygen atoms in total. The number of halogens is 2. The number of benzene rings is 3. The van der Waals surface area contributed by atoms with E-state index in [0.717, 1.165) is 36.2 Å². The van der Waals surface area contributed by atoms with Crippen molar-refractivity contribution >= 4 is 40.8 Å². The summed E-state index contributed by atoms with van der Waals surface area (Å²) in [7, 11) is 0. The molecule has 1 saturated heterocycles. The molecule has 1 aliphatic heterocycles. The van der Waals surface area contributed by atoms with Gasteiger partial charge in [-0.3, -0.25) is 14.3 Å². The van der Waals surface area contributed by atoms with Crippen LogP contribution in [0, 0.1) is 0 Å². The van der Waals surface area contributed by atoms with Crippen molar-refractivity contribution in [1.82, 2.24) is 14.4 Å². The van der Waals surface area contributed by atoms with E-state index in [-0.39, 0.29) is 18.3 Å². The fraction of sp³-hybridized carbons (Fsp3) is 0.192. The number of aromatic nitrogens is 1. The summed E-state index contributed by atoms with van der Waals surface area (Å²) in [5.74, 6) is 0.00948. The maximum absolute atomic E-state index is 13.6. The Kier molecular flexibility index (Phi) is 6.85. The maximum Gasteiger partial charge on any atom is 0.257 e. The van der Waals surface area contributed by atoms with Crippen LogP contribution in [-0.4, -0.2) is 46.5 Å². The Morgan fingerprint density at radius 1 is 0.781 bits per heavy atom. The zero-order valence-electron chi connectivity index (χ0n) is 17.7. The van der Waals surface area contributed by atoms with Crippen molar-refractivity contribution in [3.63, 3.8) is 0 Å². The number of piperazine rings is 1. The summed E-state index contributed by atoms with van der Waals surface area (Å²) < 4.78 is 1.97. The van der Waals surface area contributed by atoms with Gasteiger partial charge >= 0.3 is 0 Å². The number of fused-ring (bicyclic) bond motifs is 1. The lowest BCUT2D eigenvalue weighted by molar-refractivity contribution is 0.0630. The number of nitrogens with zero attached hydrogens (tertiary/aromatic N) is 3. The molecule has 0 spiro atoms. The molecule has 6 heteroatoms. The molecule has 1 aliphatic rings. The number of carbonyl (C=O) groups excluding carboxylic acids is 1. The fourth-order valence-electron chi connectivity index (χ4n) is 4.35. The molecule has 2 heterocycles. The Labute approximate surface area is 199 Å². The van der Waals surface area contributed by atoms with Gasteiger partial charge in [0.2, 0.25) is 0 Å². The number of carbonyl (C=O) groups is 1. The number of hydrogen-bond donors (Lipinski definition) is 0. The van der Waals surface area contributed by atoms with E-state index in [1.807, 2.05) is 70.1 Å². The SMILES string of the molecule is Cl.O=C(c1c(Cl)n(-c2ccccc2)c2ccccc12)N1CCN(Cc2ccccc2)CC1. The summed E-state index contributed by atoms with van der Waals surface area (Å²) in [6, 6.07) is 28.4. The topological polar surface area (TPSA) is 28.5 Å². The average Bonchev–Trinajstić information content (AvgIpc) is 3.12. The van der Waals surface area contributed by atoms with Crippen molar-refractivity contribution in [3.8, 4) is 5.69 Å². The first-order chi connectivity index (χ1) is 15.2. The van der Waals surface area contributed by atoms with Crippen LogP contribution in [-0.2, 0) is 6.54 Å². The molecule has 164 valence electrons. The number of para-hydroxylation sites is 2. The van der Waals surface area contributed by atoms with Gasteiger partial charge in [0.05, 0.1) is 11.1 Å². The second-order valence-corrected chi connectivity index (χ2v) is 8.27. The quantitative estimate of drug-likeness (QED) is 0.388. The highest BCUT2D eigenvalue weighted by Gasteiger charge is 2.28. The third kappa shape index (κ3) is 4.26. The van der Waals surface area contributed by atoms with Gasteiger partial charge in [-0.15, -0.1) is 12.4 Å². The van der Waals surface area contributed by atoms with Crippen LogP contribution in [0.5, 0.6) is 0 Å². The Morgan fingerprint density at radius 2 is 1.38 bits per heavy atom. The minimum atomic E-state index is 0.